The number of rotatable bonds is 6. The van der Waals surface area contributed by atoms with Crippen LogP contribution in [-0.4, -0.2) is 20.7 Å². The van der Waals surface area contributed by atoms with E-state index in [1.54, 1.807) is 41.9 Å². The van der Waals surface area contributed by atoms with E-state index >= 15 is 0 Å². The fourth-order valence-electron chi connectivity index (χ4n) is 4.34. The first-order valence-electron chi connectivity index (χ1n) is 11.7. The molecule has 1 atom stereocenters. The summed E-state index contributed by atoms with van der Waals surface area (Å²) in [5.74, 6) is -0.160. The zero-order valence-corrected chi connectivity index (χ0v) is 21.4. The van der Waals surface area contributed by atoms with Gasteiger partial charge in [0.15, 0.2) is 0 Å². The molecule has 1 aliphatic heterocycles. The zero-order valence-electron chi connectivity index (χ0n) is 20.5. The number of amides is 1. The van der Waals surface area contributed by atoms with Crippen molar-refractivity contribution in [1.29, 1.82) is 0 Å². The van der Waals surface area contributed by atoms with E-state index in [0.717, 1.165) is 11.1 Å². The Labute approximate surface area is 217 Å². The molecule has 0 spiro atoms. The highest BCUT2D eigenvalue weighted by Gasteiger charge is 2.34. The molecule has 2 N–H and O–H groups in total. The largest absolute Gasteiger partial charge is 0.328 e. The Kier molecular flexibility index (Phi) is 6.80. The Morgan fingerprint density at radius 2 is 1.81 bits per heavy atom. The Balaban J connectivity index is 1.50. The monoisotopic (exact) mass is 517 g/mol. The van der Waals surface area contributed by atoms with Gasteiger partial charge in [-0.05, 0) is 61.7 Å². The number of thioether (sulfide) groups is 1. The van der Waals surface area contributed by atoms with Gasteiger partial charge < -0.3 is 10.6 Å². The summed E-state index contributed by atoms with van der Waals surface area (Å²) >= 11 is 1.30. The van der Waals surface area contributed by atoms with E-state index in [1.165, 1.54) is 30.0 Å². The van der Waals surface area contributed by atoms with Crippen molar-refractivity contribution >= 4 is 29.3 Å². The fraction of sp³-hybridized carbons (Fsp3) is 0.179. The summed E-state index contributed by atoms with van der Waals surface area (Å²) < 4.78 is 29.5. The molecule has 3 aromatic carbocycles. The van der Waals surface area contributed by atoms with Gasteiger partial charge in [-0.3, -0.25) is 4.79 Å². The SMILES string of the molecule is CC1=C(C(=O)Nc2ccc(C)cc2C)C(c2ccc(F)cc2)n2nc(SCc3ccccc3F)nc2N1. The molecule has 0 radical (unpaired) electrons. The number of hydrogen-bond acceptors (Lipinski definition) is 5. The Hall–Kier alpha value is -3.98. The number of hydrogen-bond donors (Lipinski definition) is 2. The number of anilines is 2. The van der Waals surface area contributed by atoms with Gasteiger partial charge in [-0.2, -0.15) is 4.98 Å². The molecule has 188 valence electrons. The van der Waals surface area contributed by atoms with Crippen LogP contribution in [0.5, 0.6) is 0 Å². The second-order valence-electron chi connectivity index (χ2n) is 8.93. The average molecular weight is 518 g/mol. The number of nitrogens with one attached hydrogen (secondary N) is 2. The van der Waals surface area contributed by atoms with Crippen LogP contribution < -0.4 is 10.6 Å². The number of aromatic nitrogens is 3. The number of aryl methyl sites for hydroxylation is 2. The molecule has 2 heterocycles. The van der Waals surface area contributed by atoms with Gasteiger partial charge in [0.1, 0.15) is 17.7 Å². The third-order valence-corrected chi connectivity index (χ3v) is 7.09. The van der Waals surface area contributed by atoms with Crippen LogP contribution in [0.3, 0.4) is 0 Å². The fourth-order valence-corrected chi connectivity index (χ4v) is 5.16. The number of halogens is 2. The molecule has 0 saturated heterocycles. The first-order valence-corrected chi connectivity index (χ1v) is 12.7. The van der Waals surface area contributed by atoms with Gasteiger partial charge in [-0.25, -0.2) is 13.5 Å². The van der Waals surface area contributed by atoms with E-state index in [0.29, 0.717) is 44.9 Å². The summed E-state index contributed by atoms with van der Waals surface area (Å²) in [4.78, 5) is 18.2. The summed E-state index contributed by atoms with van der Waals surface area (Å²) in [6.07, 6.45) is 0. The van der Waals surface area contributed by atoms with Gasteiger partial charge in [0.05, 0.1) is 5.57 Å². The van der Waals surface area contributed by atoms with Gasteiger partial charge in [0.2, 0.25) is 11.1 Å². The van der Waals surface area contributed by atoms with Crippen molar-refractivity contribution in [3.05, 3.63) is 112 Å². The molecule has 0 fully saturated rings. The zero-order chi connectivity index (χ0) is 26.1. The lowest BCUT2D eigenvalue weighted by atomic mass is 9.95. The molecule has 1 aliphatic rings. The molecule has 37 heavy (non-hydrogen) atoms. The second kappa shape index (κ2) is 10.2. The highest BCUT2D eigenvalue weighted by molar-refractivity contribution is 7.98. The van der Waals surface area contributed by atoms with Crippen molar-refractivity contribution in [2.45, 2.75) is 37.7 Å². The minimum atomic E-state index is -0.641. The lowest BCUT2D eigenvalue weighted by molar-refractivity contribution is -0.113. The first kappa shape index (κ1) is 24.7. The molecule has 0 aliphatic carbocycles. The molecule has 1 amide bonds. The summed E-state index contributed by atoms with van der Waals surface area (Å²) in [6.45, 7) is 5.74. The van der Waals surface area contributed by atoms with E-state index in [1.807, 2.05) is 32.0 Å². The number of benzene rings is 3. The average Bonchev–Trinajstić information content (AvgIpc) is 3.27. The van der Waals surface area contributed by atoms with E-state index in [-0.39, 0.29) is 17.5 Å². The number of carbonyl (C=O) groups is 1. The van der Waals surface area contributed by atoms with Crippen LogP contribution in [0.25, 0.3) is 0 Å². The highest BCUT2D eigenvalue weighted by atomic mass is 32.2. The molecule has 9 heteroatoms. The lowest BCUT2D eigenvalue weighted by Gasteiger charge is -2.28. The molecule has 6 nitrogen and oxygen atoms in total. The van der Waals surface area contributed by atoms with Crippen LogP contribution >= 0.6 is 11.8 Å². The number of nitrogens with zero attached hydrogens (tertiary/aromatic N) is 3. The smallest absolute Gasteiger partial charge is 0.255 e. The summed E-state index contributed by atoms with van der Waals surface area (Å²) in [6, 6.07) is 17.7. The summed E-state index contributed by atoms with van der Waals surface area (Å²) in [5, 5.41) is 11.3. The quantitative estimate of drug-likeness (QED) is 0.290. The molecule has 4 aromatic rings. The maximum atomic E-state index is 14.1. The van der Waals surface area contributed by atoms with Crippen molar-refractivity contribution in [3.8, 4) is 0 Å². The lowest BCUT2D eigenvalue weighted by Crippen LogP contribution is -2.31. The van der Waals surface area contributed by atoms with Gasteiger partial charge in [0, 0.05) is 17.1 Å². The summed E-state index contributed by atoms with van der Waals surface area (Å²) in [7, 11) is 0. The van der Waals surface area contributed by atoms with Crippen LogP contribution in [0.1, 0.15) is 35.2 Å². The molecular weight excluding hydrogens is 492 g/mol. The molecular formula is C28H25F2N5OS. The predicted molar refractivity (Wildman–Crippen MR) is 141 cm³/mol. The Morgan fingerprint density at radius 1 is 1.05 bits per heavy atom. The van der Waals surface area contributed by atoms with Gasteiger partial charge in [-0.1, -0.05) is 59.8 Å². The van der Waals surface area contributed by atoms with Crippen molar-refractivity contribution in [1.82, 2.24) is 14.8 Å². The third-order valence-electron chi connectivity index (χ3n) is 6.21. The van der Waals surface area contributed by atoms with Crippen molar-refractivity contribution < 1.29 is 13.6 Å². The molecule has 0 bridgehead atoms. The standard InChI is InChI=1S/C28H25F2N5OS/c1-16-8-13-23(17(2)14-16)32-26(36)24-18(3)31-27-33-28(37-15-20-6-4-5-7-22(20)30)34-35(27)25(24)19-9-11-21(29)12-10-19/h4-14,25H,15H2,1-3H3,(H,32,36)(H,31,33,34). The number of allylic oxidation sites excluding steroid dienone is 1. The normalized spacial score (nSPS) is 14.8. The molecule has 1 unspecified atom stereocenters. The predicted octanol–water partition coefficient (Wildman–Crippen LogP) is 6.39. The topological polar surface area (TPSA) is 71.8 Å². The summed E-state index contributed by atoms with van der Waals surface area (Å²) in [5.41, 5.74) is 5.04. The third kappa shape index (κ3) is 5.13. The maximum Gasteiger partial charge on any atom is 0.255 e. The minimum absolute atomic E-state index is 0.288. The number of fused-ring (bicyclic) bond motifs is 1. The molecule has 0 saturated carbocycles. The van der Waals surface area contributed by atoms with Gasteiger partial charge in [-0.15, -0.1) is 5.10 Å². The van der Waals surface area contributed by atoms with Gasteiger partial charge in [0.25, 0.3) is 5.91 Å². The van der Waals surface area contributed by atoms with Crippen LogP contribution in [0.2, 0.25) is 0 Å². The van der Waals surface area contributed by atoms with E-state index in [4.69, 9.17) is 0 Å². The van der Waals surface area contributed by atoms with Crippen molar-refractivity contribution in [3.63, 3.8) is 0 Å². The Bertz CT molecular complexity index is 1510. The van der Waals surface area contributed by atoms with Crippen LogP contribution in [0.15, 0.2) is 83.2 Å². The first-order chi connectivity index (χ1) is 17.8. The van der Waals surface area contributed by atoms with Crippen LogP contribution in [0.4, 0.5) is 20.4 Å². The van der Waals surface area contributed by atoms with Gasteiger partial charge >= 0.3 is 0 Å². The minimum Gasteiger partial charge on any atom is -0.328 e. The maximum absolute atomic E-state index is 14.1. The van der Waals surface area contributed by atoms with Crippen LogP contribution in [-0.2, 0) is 10.5 Å². The van der Waals surface area contributed by atoms with E-state index in [9.17, 15) is 13.6 Å². The second-order valence-corrected chi connectivity index (χ2v) is 9.88. The van der Waals surface area contributed by atoms with Crippen molar-refractivity contribution in [2.24, 2.45) is 0 Å². The highest BCUT2D eigenvalue weighted by Crippen LogP contribution is 2.37. The molecule has 5 rings (SSSR count). The Morgan fingerprint density at radius 3 is 2.54 bits per heavy atom. The number of carbonyl (C=O) groups excluding carboxylic acids is 1. The van der Waals surface area contributed by atoms with E-state index in [2.05, 4.69) is 20.7 Å². The van der Waals surface area contributed by atoms with Crippen molar-refractivity contribution in [2.75, 3.05) is 10.6 Å². The van der Waals surface area contributed by atoms with E-state index < -0.39 is 6.04 Å². The van der Waals surface area contributed by atoms with Crippen LogP contribution in [0, 0.1) is 25.5 Å². The molecule has 1 aromatic heterocycles.